The lowest BCUT2D eigenvalue weighted by Gasteiger charge is -2.27. The van der Waals surface area contributed by atoms with Gasteiger partial charge in [-0.2, -0.15) is 0 Å². The molecule has 0 spiro atoms. The highest BCUT2D eigenvalue weighted by molar-refractivity contribution is 7.98. The molecular formula is C39H46N4O5S. The lowest BCUT2D eigenvalue weighted by atomic mass is 10.00. The summed E-state index contributed by atoms with van der Waals surface area (Å²) in [6.45, 7) is 10.00. The number of hydrogen-bond acceptors (Lipinski definition) is 7. The number of anilines is 2. The third-order valence-corrected chi connectivity index (χ3v) is 9.20. The van der Waals surface area contributed by atoms with Crippen LogP contribution in [0.3, 0.4) is 0 Å². The number of fused-ring (bicyclic) bond motifs is 1. The second-order valence-corrected chi connectivity index (χ2v) is 13.6. The monoisotopic (exact) mass is 682 g/mol. The van der Waals surface area contributed by atoms with E-state index in [9.17, 15) is 9.59 Å². The van der Waals surface area contributed by atoms with Gasteiger partial charge in [-0.05, 0) is 90.1 Å². The Hall–Kier alpha value is -4.54. The fourth-order valence-corrected chi connectivity index (χ4v) is 6.54. The SMILES string of the molecule is CCCCOCCOc1ccc(-c2ccc3c(c2)C=C(C(=O)Nc2ccc(SCc4cncn4CC(=O)O)cc2)CCN3CC(C)C)cc1. The Labute approximate surface area is 293 Å². The molecule has 0 saturated carbocycles. The maximum absolute atomic E-state index is 13.6. The molecule has 3 aromatic carbocycles. The third-order valence-electron chi connectivity index (χ3n) is 8.16. The van der Waals surface area contributed by atoms with Crippen LogP contribution in [0.25, 0.3) is 17.2 Å². The number of nitrogens with one attached hydrogen (secondary N) is 1. The van der Waals surface area contributed by atoms with Gasteiger partial charge in [-0.3, -0.25) is 9.59 Å². The topological polar surface area (TPSA) is 106 Å². The average molecular weight is 683 g/mol. The van der Waals surface area contributed by atoms with Crippen molar-refractivity contribution in [1.29, 1.82) is 0 Å². The quantitative estimate of drug-likeness (QED) is 0.0853. The Bertz CT molecular complexity index is 1720. The minimum Gasteiger partial charge on any atom is -0.491 e. The van der Waals surface area contributed by atoms with Crippen molar-refractivity contribution in [3.63, 3.8) is 0 Å². The molecule has 10 heteroatoms. The van der Waals surface area contributed by atoms with Crippen molar-refractivity contribution in [3.05, 3.63) is 96.1 Å². The zero-order valence-electron chi connectivity index (χ0n) is 28.6. The summed E-state index contributed by atoms with van der Waals surface area (Å²) in [5.41, 5.74) is 6.61. The Balaban J connectivity index is 1.25. The standard InChI is InChI=1S/C39H46N4O5S/c1-4-5-18-47-19-20-48-35-11-6-29(7-12-35)30-8-15-37-32(21-30)22-31(16-17-42(37)24-28(2)3)39(46)41-33-9-13-36(14-10-33)49-26-34-23-40-27-43(34)25-38(44)45/h6-15,21-23,27-28H,4-5,16-20,24-26H2,1-3H3,(H,41,46)(H,44,45). The van der Waals surface area contributed by atoms with Crippen LogP contribution in [0.2, 0.25) is 0 Å². The number of hydrogen-bond donors (Lipinski definition) is 2. The van der Waals surface area contributed by atoms with Crippen molar-refractivity contribution < 1.29 is 24.2 Å². The highest BCUT2D eigenvalue weighted by Gasteiger charge is 2.21. The largest absolute Gasteiger partial charge is 0.491 e. The number of aliphatic carboxylic acids is 1. The van der Waals surface area contributed by atoms with Gasteiger partial charge in [0.1, 0.15) is 18.9 Å². The number of nitrogens with zero attached hydrogens (tertiary/aromatic N) is 3. The Kier molecular flexibility index (Phi) is 12.9. The van der Waals surface area contributed by atoms with Gasteiger partial charge in [0.05, 0.1) is 12.9 Å². The van der Waals surface area contributed by atoms with Crippen LogP contribution < -0.4 is 15.0 Å². The zero-order valence-corrected chi connectivity index (χ0v) is 29.4. The molecule has 2 N–H and O–H groups in total. The molecule has 49 heavy (non-hydrogen) atoms. The van der Waals surface area contributed by atoms with E-state index in [1.54, 1.807) is 22.5 Å². The molecule has 1 aliphatic rings. The van der Waals surface area contributed by atoms with E-state index >= 15 is 0 Å². The molecule has 4 aromatic rings. The van der Waals surface area contributed by atoms with Crippen LogP contribution in [0.15, 0.2) is 89.7 Å². The van der Waals surface area contributed by atoms with E-state index in [0.717, 1.165) is 82.5 Å². The van der Waals surface area contributed by atoms with Crippen LogP contribution >= 0.6 is 11.8 Å². The number of carbonyl (C=O) groups excluding carboxylic acids is 1. The number of rotatable bonds is 17. The number of imidazole rings is 1. The molecule has 5 rings (SSSR count). The maximum Gasteiger partial charge on any atom is 0.323 e. The fourth-order valence-electron chi connectivity index (χ4n) is 5.65. The third kappa shape index (κ3) is 10.5. The van der Waals surface area contributed by atoms with Crippen molar-refractivity contribution in [1.82, 2.24) is 9.55 Å². The molecule has 0 radical (unpaired) electrons. The molecule has 1 aliphatic heterocycles. The summed E-state index contributed by atoms with van der Waals surface area (Å²) >= 11 is 1.59. The first-order valence-electron chi connectivity index (χ1n) is 16.9. The molecule has 258 valence electrons. The highest BCUT2D eigenvalue weighted by Crippen LogP contribution is 2.34. The summed E-state index contributed by atoms with van der Waals surface area (Å²) in [6.07, 6.45) is 8.08. The van der Waals surface area contributed by atoms with Crippen LogP contribution in [-0.4, -0.2) is 59.4 Å². The number of carboxylic acids is 1. The predicted molar refractivity (Wildman–Crippen MR) is 197 cm³/mol. The number of carboxylic acid groups (broad SMARTS) is 1. The number of ether oxygens (including phenoxy) is 2. The normalized spacial score (nSPS) is 12.7. The van der Waals surface area contributed by atoms with Gasteiger partial charge in [-0.1, -0.05) is 45.4 Å². The van der Waals surface area contributed by atoms with E-state index < -0.39 is 5.97 Å². The summed E-state index contributed by atoms with van der Waals surface area (Å²) < 4.78 is 13.1. The number of aromatic nitrogens is 2. The maximum atomic E-state index is 13.6. The molecule has 0 aliphatic carbocycles. The van der Waals surface area contributed by atoms with Crippen molar-refractivity contribution in [3.8, 4) is 16.9 Å². The number of benzene rings is 3. The predicted octanol–water partition coefficient (Wildman–Crippen LogP) is 8.01. The van der Waals surface area contributed by atoms with Crippen LogP contribution in [0, 0.1) is 5.92 Å². The Morgan fingerprint density at radius 2 is 1.78 bits per heavy atom. The molecule has 0 saturated heterocycles. The number of unbranched alkanes of at least 4 members (excludes halogenated alkanes) is 1. The van der Waals surface area contributed by atoms with Crippen molar-refractivity contribution in [2.75, 3.05) is 43.1 Å². The summed E-state index contributed by atoms with van der Waals surface area (Å²) in [6, 6.07) is 22.3. The van der Waals surface area contributed by atoms with Gasteiger partial charge in [-0.25, -0.2) is 4.98 Å². The van der Waals surface area contributed by atoms with Gasteiger partial charge in [0.15, 0.2) is 0 Å². The molecule has 9 nitrogen and oxygen atoms in total. The molecule has 2 heterocycles. The smallest absolute Gasteiger partial charge is 0.323 e. The lowest BCUT2D eigenvalue weighted by Crippen LogP contribution is -2.29. The van der Waals surface area contributed by atoms with Crippen molar-refractivity contribution in [2.24, 2.45) is 5.92 Å². The van der Waals surface area contributed by atoms with Gasteiger partial charge in [0, 0.05) is 59.2 Å². The van der Waals surface area contributed by atoms with Crippen LogP contribution in [0.4, 0.5) is 11.4 Å². The van der Waals surface area contributed by atoms with Gasteiger partial charge >= 0.3 is 5.97 Å². The van der Waals surface area contributed by atoms with Gasteiger partial charge < -0.3 is 29.4 Å². The zero-order chi connectivity index (χ0) is 34.6. The Morgan fingerprint density at radius 3 is 2.51 bits per heavy atom. The van der Waals surface area contributed by atoms with Crippen LogP contribution in [-0.2, 0) is 26.6 Å². The van der Waals surface area contributed by atoms with E-state index in [1.165, 1.54) is 6.33 Å². The van der Waals surface area contributed by atoms with E-state index in [1.807, 2.05) is 42.5 Å². The summed E-state index contributed by atoms with van der Waals surface area (Å²) in [5, 5.41) is 12.2. The number of amides is 1. The van der Waals surface area contributed by atoms with Crippen LogP contribution in [0.1, 0.15) is 51.3 Å². The number of carbonyl (C=O) groups is 2. The summed E-state index contributed by atoms with van der Waals surface area (Å²) in [4.78, 5) is 32.2. The second-order valence-electron chi connectivity index (χ2n) is 12.5. The Morgan fingerprint density at radius 1 is 1.00 bits per heavy atom. The molecule has 1 amide bonds. The minimum atomic E-state index is -0.902. The molecular weight excluding hydrogens is 637 g/mol. The van der Waals surface area contributed by atoms with Crippen molar-refractivity contribution >= 4 is 41.1 Å². The van der Waals surface area contributed by atoms with E-state index in [-0.39, 0.29) is 12.5 Å². The summed E-state index contributed by atoms with van der Waals surface area (Å²) in [7, 11) is 0. The molecule has 0 bridgehead atoms. The second kappa shape index (κ2) is 17.7. The molecule has 1 aromatic heterocycles. The molecule has 0 unspecified atom stereocenters. The lowest BCUT2D eigenvalue weighted by molar-refractivity contribution is -0.137. The molecule has 0 fully saturated rings. The van der Waals surface area contributed by atoms with Gasteiger partial charge in [0.2, 0.25) is 0 Å². The van der Waals surface area contributed by atoms with E-state index in [2.05, 4.69) is 66.3 Å². The summed E-state index contributed by atoms with van der Waals surface area (Å²) in [5.74, 6) is 0.865. The fraction of sp³-hybridized carbons (Fsp3) is 0.359. The van der Waals surface area contributed by atoms with Gasteiger partial charge in [0.25, 0.3) is 5.91 Å². The average Bonchev–Trinajstić information content (AvgIpc) is 3.44. The first-order valence-corrected chi connectivity index (χ1v) is 17.9. The van der Waals surface area contributed by atoms with E-state index in [0.29, 0.717) is 31.3 Å². The van der Waals surface area contributed by atoms with Crippen molar-refractivity contribution in [2.45, 2.75) is 57.2 Å². The molecule has 0 atom stereocenters. The first-order chi connectivity index (χ1) is 23.8. The van der Waals surface area contributed by atoms with Gasteiger partial charge in [-0.15, -0.1) is 11.8 Å². The van der Waals surface area contributed by atoms with E-state index in [4.69, 9.17) is 14.6 Å². The highest BCUT2D eigenvalue weighted by atomic mass is 32.2. The first kappa shape index (κ1) is 35.8. The minimum absolute atomic E-state index is 0.110. The number of thioether (sulfide) groups is 1. The van der Waals surface area contributed by atoms with Crippen LogP contribution in [0.5, 0.6) is 5.75 Å².